The number of Topliss-reactive ketones (excluding diaryl/α,β-unsaturated/α-hetero) is 1. The smallest absolute Gasteiger partial charge is 0.165 e. The van der Waals surface area contributed by atoms with Crippen molar-refractivity contribution >= 4 is 23.5 Å². The second kappa shape index (κ2) is 6.73. The molecule has 0 aromatic heterocycles. The highest BCUT2D eigenvalue weighted by molar-refractivity contribution is 6.32. The van der Waals surface area contributed by atoms with Crippen LogP contribution in [0.1, 0.15) is 77.2 Å². The highest BCUT2D eigenvalue weighted by atomic mass is 35.5. The maximum Gasteiger partial charge on any atom is 0.165 e. The van der Waals surface area contributed by atoms with Crippen LogP contribution in [0.5, 0.6) is 0 Å². The van der Waals surface area contributed by atoms with Gasteiger partial charge in [-0.25, -0.2) is 0 Å². The van der Waals surface area contributed by atoms with Crippen LogP contribution in [0.2, 0.25) is 5.02 Å². The Morgan fingerprint density at radius 1 is 1.00 bits per heavy atom. The summed E-state index contributed by atoms with van der Waals surface area (Å²) in [5, 5.41) is 0.746. The molecule has 0 heterocycles. The van der Waals surface area contributed by atoms with Gasteiger partial charge in [-0.3, -0.25) is 4.79 Å². The van der Waals surface area contributed by atoms with Crippen molar-refractivity contribution in [2.45, 2.75) is 71.6 Å². The van der Waals surface area contributed by atoms with Crippen LogP contribution >= 0.6 is 11.6 Å². The third kappa shape index (κ3) is 2.68. The summed E-state index contributed by atoms with van der Waals surface area (Å²) in [5.74, 6) is 3.44. The average molecular weight is 397 g/mol. The van der Waals surface area contributed by atoms with Gasteiger partial charge in [0.1, 0.15) is 0 Å². The molecule has 0 N–H and O–H groups in total. The number of fused-ring (bicyclic) bond motifs is 5. The Bertz CT molecular complexity index is 825. The van der Waals surface area contributed by atoms with E-state index in [0.29, 0.717) is 17.1 Å². The highest BCUT2D eigenvalue weighted by Crippen LogP contribution is 2.66. The lowest BCUT2D eigenvalue weighted by Crippen LogP contribution is -2.52. The van der Waals surface area contributed by atoms with Gasteiger partial charge in [0.05, 0.1) is 0 Å². The quantitative estimate of drug-likeness (QED) is 0.454. The number of ketones is 1. The predicted molar refractivity (Wildman–Crippen MR) is 116 cm³/mol. The summed E-state index contributed by atoms with van der Waals surface area (Å²) >= 11 is 6.39. The van der Waals surface area contributed by atoms with Gasteiger partial charge in [0.15, 0.2) is 5.78 Å². The maximum absolute atomic E-state index is 13.5. The van der Waals surface area contributed by atoms with Gasteiger partial charge in [-0.05, 0) is 97.3 Å². The molecule has 5 rings (SSSR count). The van der Waals surface area contributed by atoms with Gasteiger partial charge in [-0.1, -0.05) is 56.5 Å². The van der Waals surface area contributed by atoms with Crippen molar-refractivity contribution in [3.05, 3.63) is 40.4 Å². The first-order valence-electron chi connectivity index (χ1n) is 11.4. The molecule has 2 heteroatoms. The minimum atomic E-state index is -0.147. The Morgan fingerprint density at radius 3 is 2.64 bits per heavy atom. The molecular weight excluding hydrogens is 364 g/mol. The van der Waals surface area contributed by atoms with Crippen LogP contribution < -0.4 is 0 Å². The van der Waals surface area contributed by atoms with Crippen molar-refractivity contribution in [1.29, 1.82) is 0 Å². The van der Waals surface area contributed by atoms with Crippen molar-refractivity contribution < 1.29 is 4.79 Å². The van der Waals surface area contributed by atoms with Crippen LogP contribution in [0.15, 0.2) is 29.8 Å². The predicted octanol–water partition coefficient (Wildman–Crippen LogP) is 7.34. The molecule has 150 valence electrons. The summed E-state index contributed by atoms with van der Waals surface area (Å²) in [6.07, 6.45) is 13.8. The minimum Gasteiger partial charge on any atom is -0.294 e. The molecule has 3 unspecified atom stereocenters. The van der Waals surface area contributed by atoms with Crippen molar-refractivity contribution in [3.63, 3.8) is 0 Å². The summed E-state index contributed by atoms with van der Waals surface area (Å²) in [5.41, 5.74) is 2.40. The van der Waals surface area contributed by atoms with Gasteiger partial charge in [-0.2, -0.15) is 0 Å². The van der Waals surface area contributed by atoms with Crippen LogP contribution in [-0.4, -0.2) is 5.78 Å². The number of carbonyl (C=O) groups excluding carboxylic acids is 1. The molecule has 4 aliphatic carbocycles. The van der Waals surface area contributed by atoms with E-state index in [1.807, 2.05) is 24.3 Å². The first-order valence-corrected chi connectivity index (χ1v) is 11.8. The number of halogens is 1. The van der Waals surface area contributed by atoms with Crippen LogP contribution in [0, 0.1) is 34.5 Å². The van der Waals surface area contributed by atoms with Crippen LogP contribution in [0.3, 0.4) is 0 Å². The highest BCUT2D eigenvalue weighted by Gasteiger charge is 2.60. The second-order valence-corrected chi connectivity index (χ2v) is 11.0. The molecule has 28 heavy (non-hydrogen) atoms. The van der Waals surface area contributed by atoms with E-state index in [2.05, 4.69) is 19.9 Å². The summed E-state index contributed by atoms with van der Waals surface area (Å²) in [4.78, 5) is 13.5. The summed E-state index contributed by atoms with van der Waals surface area (Å²) in [7, 11) is 0. The Labute approximate surface area is 174 Å². The molecule has 0 spiro atoms. The van der Waals surface area contributed by atoms with Gasteiger partial charge in [0.25, 0.3) is 0 Å². The van der Waals surface area contributed by atoms with E-state index in [9.17, 15) is 4.79 Å². The fraction of sp³-hybridized carbons (Fsp3) is 0.654. The lowest BCUT2D eigenvalue weighted by atomic mass is 9.45. The Morgan fingerprint density at radius 2 is 1.82 bits per heavy atom. The first-order chi connectivity index (χ1) is 13.4. The Hall–Kier alpha value is -1.08. The Kier molecular flexibility index (Phi) is 4.54. The Balaban J connectivity index is 1.48. The molecule has 4 fully saturated rings. The van der Waals surface area contributed by atoms with E-state index >= 15 is 0 Å². The number of hydrogen-bond acceptors (Lipinski definition) is 1. The van der Waals surface area contributed by atoms with E-state index < -0.39 is 0 Å². The largest absolute Gasteiger partial charge is 0.294 e. The molecule has 1 aromatic carbocycles. The number of benzene rings is 1. The van der Waals surface area contributed by atoms with Crippen molar-refractivity contribution in [1.82, 2.24) is 0 Å². The number of allylic oxidation sites excluding steroid dienone is 1. The summed E-state index contributed by atoms with van der Waals surface area (Å²) in [6.45, 7) is 4.88. The average Bonchev–Trinajstić information content (AvgIpc) is 2.94. The monoisotopic (exact) mass is 396 g/mol. The normalized spacial score (nSPS) is 44.1. The molecular formula is C26H33ClO. The first kappa shape index (κ1) is 18.9. The van der Waals surface area contributed by atoms with Gasteiger partial charge in [0.2, 0.25) is 0 Å². The van der Waals surface area contributed by atoms with Crippen molar-refractivity contribution in [3.8, 4) is 0 Å². The zero-order valence-corrected chi connectivity index (χ0v) is 18.1. The van der Waals surface area contributed by atoms with Crippen LogP contribution in [0.25, 0.3) is 6.08 Å². The van der Waals surface area contributed by atoms with E-state index in [1.165, 1.54) is 44.9 Å². The lowest BCUT2D eigenvalue weighted by molar-refractivity contribution is -0.137. The number of carbonyl (C=O) groups is 1. The molecule has 4 saturated carbocycles. The summed E-state index contributed by atoms with van der Waals surface area (Å²) in [6, 6.07) is 7.91. The fourth-order valence-corrected chi connectivity index (χ4v) is 8.06. The molecule has 1 nitrogen and oxygen atoms in total. The third-order valence-electron chi connectivity index (χ3n) is 9.46. The van der Waals surface area contributed by atoms with E-state index in [4.69, 9.17) is 11.6 Å². The lowest BCUT2D eigenvalue weighted by Gasteiger charge is -2.59. The van der Waals surface area contributed by atoms with Crippen molar-refractivity contribution in [2.24, 2.45) is 34.5 Å². The molecule has 0 bridgehead atoms. The molecule has 1 aromatic rings. The standard InChI is InChI=1S/C26H33ClO/c1-25-13-6-5-8-19(25)10-11-20-21(25)12-14-26(2)22(20)16-18(24(26)28)15-17-7-3-4-9-23(17)27/h3-4,7,9,15,19-22H,5-6,8,10-14,16H2,1-2H3/t19-,20?,21?,22?,25+,26+/m1/s1. The fourth-order valence-electron chi connectivity index (χ4n) is 7.87. The summed E-state index contributed by atoms with van der Waals surface area (Å²) < 4.78 is 0. The number of hydrogen-bond donors (Lipinski definition) is 0. The molecule has 0 aliphatic heterocycles. The van der Waals surface area contributed by atoms with Crippen LogP contribution in [-0.2, 0) is 4.79 Å². The molecule has 0 radical (unpaired) electrons. The molecule has 6 atom stereocenters. The van der Waals surface area contributed by atoms with E-state index in [-0.39, 0.29) is 5.41 Å². The molecule has 0 amide bonds. The zero-order valence-electron chi connectivity index (χ0n) is 17.3. The van der Waals surface area contributed by atoms with Gasteiger partial charge >= 0.3 is 0 Å². The van der Waals surface area contributed by atoms with Crippen LogP contribution in [0.4, 0.5) is 0 Å². The minimum absolute atomic E-state index is 0.147. The maximum atomic E-state index is 13.5. The number of rotatable bonds is 1. The second-order valence-electron chi connectivity index (χ2n) is 10.6. The van der Waals surface area contributed by atoms with Crippen molar-refractivity contribution in [2.75, 3.05) is 0 Å². The van der Waals surface area contributed by atoms with Gasteiger partial charge in [-0.15, -0.1) is 0 Å². The van der Waals surface area contributed by atoms with Gasteiger partial charge in [0, 0.05) is 10.4 Å². The van der Waals surface area contributed by atoms with E-state index in [1.54, 1.807) is 0 Å². The topological polar surface area (TPSA) is 17.1 Å². The third-order valence-corrected chi connectivity index (χ3v) is 9.80. The van der Waals surface area contributed by atoms with E-state index in [0.717, 1.165) is 46.8 Å². The zero-order chi connectivity index (χ0) is 19.5. The SMILES string of the molecule is C[C@]12CCC3C(CC[C@H]4CCCC[C@]34C)C1CC(=Cc1ccccc1Cl)C2=O. The van der Waals surface area contributed by atoms with Gasteiger partial charge < -0.3 is 0 Å². The molecule has 4 aliphatic rings. The molecule has 0 saturated heterocycles.